The zero-order valence-corrected chi connectivity index (χ0v) is 12.1. The molecule has 1 N–H and O–H groups in total. The second kappa shape index (κ2) is 6.49. The van der Waals surface area contributed by atoms with E-state index in [9.17, 15) is 5.11 Å². The molecule has 0 bridgehead atoms. The molecule has 2 nitrogen and oxygen atoms in total. The van der Waals surface area contributed by atoms with E-state index in [2.05, 4.69) is 0 Å². The lowest BCUT2D eigenvalue weighted by atomic mass is 10.2. The molecule has 0 amide bonds. The van der Waals surface area contributed by atoms with Crippen LogP contribution in [0.2, 0.25) is 15.1 Å². The molecule has 0 fully saturated rings. The third-order valence-corrected chi connectivity index (χ3v) is 3.42. The molecule has 2 rings (SSSR count). The summed E-state index contributed by atoms with van der Waals surface area (Å²) < 4.78 is 5.64. The van der Waals surface area contributed by atoms with Gasteiger partial charge in [0.25, 0.3) is 0 Å². The van der Waals surface area contributed by atoms with Gasteiger partial charge < -0.3 is 9.84 Å². The largest absolute Gasteiger partial charge is 0.488 e. The second-order valence-corrected chi connectivity index (χ2v) is 5.21. The lowest BCUT2D eigenvalue weighted by molar-refractivity contribution is 0.259. The molecule has 0 atom stereocenters. The molecule has 0 radical (unpaired) electrons. The Bertz CT molecular complexity index is 585. The van der Waals surface area contributed by atoms with Crippen molar-refractivity contribution in [1.29, 1.82) is 0 Å². The van der Waals surface area contributed by atoms with E-state index in [1.54, 1.807) is 36.4 Å². The predicted molar refractivity (Wildman–Crippen MR) is 78.2 cm³/mol. The van der Waals surface area contributed by atoms with Gasteiger partial charge in [-0.1, -0.05) is 34.8 Å². The maximum Gasteiger partial charge on any atom is 0.125 e. The summed E-state index contributed by atoms with van der Waals surface area (Å²) in [4.78, 5) is 0. The SMILES string of the molecule is OCc1cc(Cl)ccc1OCc1cc(Cl)ccc1Cl. The highest BCUT2D eigenvalue weighted by molar-refractivity contribution is 6.33. The average molecular weight is 318 g/mol. The van der Waals surface area contributed by atoms with Gasteiger partial charge in [0.1, 0.15) is 12.4 Å². The van der Waals surface area contributed by atoms with Crippen LogP contribution in [0.1, 0.15) is 11.1 Å². The fraction of sp³-hybridized carbons (Fsp3) is 0.143. The van der Waals surface area contributed by atoms with Gasteiger partial charge in [0.15, 0.2) is 0 Å². The van der Waals surface area contributed by atoms with Gasteiger partial charge in [-0.15, -0.1) is 0 Å². The third kappa shape index (κ3) is 3.77. The third-order valence-electron chi connectivity index (χ3n) is 2.58. The number of hydrogen-bond donors (Lipinski definition) is 1. The van der Waals surface area contributed by atoms with Crippen LogP contribution in [0.4, 0.5) is 0 Å². The monoisotopic (exact) mass is 316 g/mol. The van der Waals surface area contributed by atoms with Crippen LogP contribution < -0.4 is 4.74 Å². The molecule has 2 aromatic rings. The normalized spacial score (nSPS) is 10.5. The van der Waals surface area contributed by atoms with Crippen LogP contribution in [0.3, 0.4) is 0 Å². The Hall–Kier alpha value is -0.930. The Balaban J connectivity index is 2.16. The molecule has 0 saturated carbocycles. The minimum absolute atomic E-state index is 0.140. The van der Waals surface area contributed by atoms with E-state index in [0.29, 0.717) is 26.4 Å². The van der Waals surface area contributed by atoms with Gasteiger partial charge in [-0.25, -0.2) is 0 Å². The maximum atomic E-state index is 9.25. The molecule has 0 unspecified atom stereocenters. The first kappa shape index (κ1) is 14.5. The molecule has 0 aliphatic rings. The van der Waals surface area contributed by atoms with Crippen LogP contribution in [-0.4, -0.2) is 5.11 Å². The molecule has 19 heavy (non-hydrogen) atoms. The fourth-order valence-corrected chi connectivity index (χ4v) is 2.18. The van der Waals surface area contributed by atoms with Gasteiger partial charge in [-0.2, -0.15) is 0 Å². The van der Waals surface area contributed by atoms with Gasteiger partial charge in [0.05, 0.1) is 6.61 Å². The maximum absolute atomic E-state index is 9.25. The first-order valence-corrected chi connectivity index (χ1v) is 6.69. The van der Waals surface area contributed by atoms with Crippen molar-refractivity contribution >= 4 is 34.8 Å². The standard InChI is InChI=1S/C14H11Cl3O2/c15-11-1-3-13(17)10(6-11)8-19-14-4-2-12(16)5-9(14)7-18/h1-6,18H,7-8H2. The van der Waals surface area contributed by atoms with E-state index in [4.69, 9.17) is 39.5 Å². The highest BCUT2D eigenvalue weighted by Crippen LogP contribution is 2.26. The average Bonchev–Trinajstić information content (AvgIpc) is 2.40. The summed E-state index contributed by atoms with van der Waals surface area (Å²) in [5.41, 5.74) is 1.42. The topological polar surface area (TPSA) is 29.5 Å². The van der Waals surface area contributed by atoms with Crippen molar-refractivity contribution in [3.63, 3.8) is 0 Å². The Labute approximate surface area is 126 Å². The smallest absolute Gasteiger partial charge is 0.125 e. The molecule has 0 aliphatic carbocycles. The van der Waals surface area contributed by atoms with Crippen LogP contribution in [0, 0.1) is 0 Å². The zero-order chi connectivity index (χ0) is 13.8. The summed E-state index contributed by atoms with van der Waals surface area (Å²) in [5, 5.41) is 11.0. The molecule has 0 aliphatic heterocycles. The Morgan fingerprint density at radius 1 is 0.895 bits per heavy atom. The lowest BCUT2D eigenvalue weighted by Gasteiger charge is -2.11. The molecule has 0 heterocycles. The van der Waals surface area contributed by atoms with Crippen molar-refractivity contribution in [3.05, 3.63) is 62.6 Å². The molecular formula is C14H11Cl3O2. The summed E-state index contributed by atoms with van der Waals surface area (Å²) in [6, 6.07) is 10.3. The van der Waals surface area contributed by atoms with Crippen molar-refractivity contribution in [2.24, 2.45) is 0 Å². The highest BCUT2D eigenvalue weighted by Gasteiger charge is 2.06. The summed E-state index contributed by atoms with van der Waals surface area (Å²) in [6.07, 6.45) is 0. The summed E-state index contributed by atoms with van der Waals surface area (Å²) in [6.45, 7) is 0.132. The minimum Gasteiger partial charge on any atom is -0.488 e. The van der Waals surface area contributed by atoms with Crippen molar-refractivity contribution in [2.75, 3.05) is 0 Å². The van der Waals surface area contributed by atoms with E-state index >= 15 is 0 Å². The molecule has 2 aromatic carbocycles. The van der Waals surface area contributed by atoms with Crippen molar-refractivity contribution in [2.45, 2.75) is 13.2 Å². The number of aliphatic hydroxyl groups excluding tert-OH is 1. The minimum atomic E-state index is -0.140. The van der Waals surface area contributed by atoms with Crippen LogP contribution >= 0.6 is 34.8 Å². The van der Waals surface area contributed by atoms with Gasteiger partial charge in [0.2, 0.25) is 0 Å². The van der Waals surface area contributed by atoms with E-state index in [-0.39, 0.29) is 13.2 Å². The van der Waals surface area contributed by atoms with Gasteiger partial charge >= 0.3 is 0 Å². The summed E-state index contributed by atoms with van der Waals surface area (Å²) >= 11 is 17.8. The Morgan fingerprint density at radius 2 is 1.53 bits per heavy atom. The van der Waals surface area contributed by atoms with Crippen LogP contribution in [0.15, 0.2) is 36.4 Å². The molecule has 0 saturated heterocycles. The first-order valence-electron chi connectivity index (χ1n) is 5.56. The van der Waals surface area contributed by atoms with Crippen molar-refractivity contribution < 1.29 is 9.84 Å². The first-order chi connectivity index (χ1) is 9.10. The second-order valence-electron chi connectivity index (χ2n) is 3.93. The number of halogens is 3. The number of aliphatic hydroxyl groups is 1. The van der Waals surface area contributed by atoms with Gasteiger partial charge in [0, 0.05) is 26.2 Å². The Morgan fingerprint density at radius 3 is 2.21 bits per heavy atom. The lowest BCUT2D eigenvalue weighted by Crippen LogP contribution is -1.99. The number of hydrogen-bond acceptors (Lipinski definition) is 2. The van der Waals surface area contributed by atoms with E-state index in [1.165, 1.54) is 0 Å². The Kier molecular flexibility index (Phi) is 4.94. The molecule has 0 spiro atoms. The van der Waals surface area contributed by atoms with Crippen LogP contribution in [0.5, 0.6) is 5.75 Å². The molecule has 0 aromatic heterocycles. The number of ether oxygens (including phenoxy) is 1. The number of benzene rings is 2. The fourth-order valence-electron chi connectivity index (χ4n) is 1.62. The van der Waals surface area contributed by atoms with E-state index in [0.717, 1.165) is 5.56 Å². The van der Waals surface area contributed by atoms with Gasteiger partial charge in [-0.05, 0) is 36.4 Å². The van der Waals surface area contributed by atoms with E-state index < -0.39 is 0 Å². The van der Waals surface area contributed by atoms with Crippen molar-refractivity contribution in [1.82, 2.24) is 0 Å². The molecule has 5 heteroatoms. The summed E-state index contributed by atoms with van der Waals surface area (Å²) in [5.74, 6) is 0.572. The zero-order valence-electron chi connectivity index (χ0n) is 9.87. The number of rotatable bonds is 4. The van der Waals surface area contributed by atoms with Crippen molar-refractivity contribution in [3.8, 4) is 5.75 Å². The van der Waals surface area contributed by atoms with Crippen LogP contribution in [-0.2, 0) is 13.2 Å². The predicted octanol–water partition coefficient (Wildman–Crippen LogP) is 4.72. The molecular weight excluding hydrogens is 307 g/mol. The van der Waals surface area contributed by atoms with Gasteiger partial charge in [-0.3, -0.25) is 0 Å². The van der Waals surface area contributed by atoms with Crippen LogP contribution in [0.25, 0.3) is 0 Å². The quantitative estimate of drug-likeness (QED) is 0.884. The summed E-state index contributed by atoms with van der Waals surface area (Å²) in [7, 11) is 0. The van der Waals surface area contributed by atoms with E-state index in [1.807, 2.05) is 0 Å². The molecule has 100 valence electrons. The highest BCUT2D eigenvalue weighted by atomic mass is 35.5.